The summed E-state index contributed by atoms with van der Waals surface area (Å²) in [5, 5.41) is 9.37. The van der Waals surface area contributed by atoms with Crippen LogP contribution in [0.5, 0.6) is 0 Å². The van der Waals surface area contributed by atoms with Gasteiger partial charge in [-0.1, -0.05) is 45.4 Å². The van der Waals surface area contributed by atoms with Gasteiger partial charge in [0.05, 0.1) is 11.8 Å². The molecule has 0 aliphatic heterocycles. The van der Waals surface area contributed by atoms with Crippen molar-refractivity contribution in [1.82, 2.24) is 4.72 Å². The summed E-state index contributed by atoms with van der Waals surface area (Å²) in [5.74, 6) is 0.132. The fourth-order valence-electron chi connectivity index (χ4n) is 2.43. The molecule has 1 aliphatic rings. The minimum Gasteiger partial charge on any atom is -0.212 e. The summed E-state index contributed by atoms with van der Waals surface area (Å²) in [6.45, 7) is 1.96. The van der Waals surface area contributed by atoms with Crippen molar-refractivity contribution in [3.63, 3.8) is 0 Å². The van der Waals surface area contributed by atoms with Gasteiger partial charge in [0.2, 0.25) is 10.0 Å². The van der Waals surface area contributed by atoms with Crippen LogP contribution in [0.4, 0.5) is 0 Å². The fourth-order valence-corrected chi connectivity index (χ4v) is 4.04. The summed E-state index contributed by atoms with van der Waals surface area (Å²) in [6, 6.07) is 2.23. The van der Waals surface area contributed by atoms with Gasteiger partial charge in [0, 0.05) is 0 Å². The van der Waals surface area contributed by atoms with Crippen LogP contribution in [-0.2, 0) is 10.0 Å². The molecule has 0 radical (unpaired) electrons. The quantitative estimate of drug-likeness (QED) is 0.836. The Bertz CT molecular complexity index is 376. The smallest absolute Gasteiger partial charge is 0.212 e. The van der Waals surface area contributed by atoms with Gasteiger partial charge in [0.25, 0.3) is 0 Å². The fraction of sp³-hybridized carbons (Fsp3) is 0.923. The van der Waals surface area contributed by atoms with Crippen molar-refractivity contribution >= 4 is 10.0 Å². The number of hydrogen-bond acceptors (Lipinski definition) is 3. The summed E-state index contributed by atoms with van der Waals surface area (Å²) in [5.41, 5.74) is -0.854. The zero-order valence-electron chi connectivity index (χ0n) is 11.2. The highest BCUT2D eigenvalue weighted by Gasteiger charge is 2.34. The number of nitriles is 1. The maximum Gasteiger partial charge on any atom is 0.212 e. The van der Waals surface area contributed by atoms with Gasteiger partial charge in [0.15, 0.2) is 0 Å². The molecular formula is C13H24N2O2S. The van der Waals surface area contributed by atoms with E-state index in [1.54, 1.807) is 0 Å². The van der Waals surface area contributed by atoms with Crippen molar-refractivity contribution in [2.45, 2.75) is 70.3 Å². The minimum atomic E-state index is -3.31. The van der Waals surface area contributed by atoms with Crippen LogP contribution in [0.25, 0.3) is 0 Å². The first kappa shape index (κ1) is 15.5. The van der Waals surface area contributed by atoms with E-state index in [4.69, 9.17) is 0 Å². The van der Waals surface area contributed by atoms with E-state index in [2.05, 4.69) is 10.8 Å². The molecule has 0 atom stereocenters. The summed E-state index contributed by atoms with van der Waals surface area (Å²) < 4.78 is 26.6. The molecule has 0 saturated heterocycles. The Morgan fingerprint density at radius 2 is 1.72 bits per heavy atom. The van der Waals surface area contributed by atoms with Crippen molar-refractivity contribution in [3.8, 4) is 6.07 Å². The highest BCUT2D eigenvalue weighted by molar-refractivity contribution is 7.89. The van der Waals surface area contributed by atoms with E-state index < -0.39 is 15.6 Å². The van der Waals surface area contributed by atoms with E-state index in [1.165, 1.54) is 6.42 Å². The lowest BCUT2D eigenvalue weighted by Crippen LogP contribution is -2.48. The minimum absolute atomic E-state index is 0.132. The third-order valence-electron chi connectivity index (χ3n) is 3.54. The second-order valence-corrected chi connectivity index (χ2v) is 7.08. The molecule has 0 unspecified atom stereocenters. The molecule has 1 N–H and O–H groups in total. The zero-order valence-corrected chi connectivity index (χ0v) is 12.1. The molecule has 4 nitrogen and oxygen atoms in total. The zero-order chi connectivity index (χ0) is 13.5. The van der Waals surface area contributed by atoms with Crippen LogP contribution in [0, 0.1) is 11.3 Å². The molecule has 1 rings (SSSR count). The first-order chi connectivity index (χ1) is 8.54. The summed E-state index contributed by atoms with van der Waals surface area (Å²) in [7, 11) is -3.31. The lowest BCUT2D eigenvalue weighted by molar-refractivity contribution is 0.357. The molecule has 0 spiro atoms. The van der Waals surface area contributed by atoms with Gasteiger partial charge in [-0.15, -0.1) is 0 Å². The van der Waals surface area contributed by atoms with Crippen LogP contribution in [0.1, 0.15) is 64.7 Å². The van der Waals surface area contributed by atoms with Crippen LogP contribution < -0.4 is 4.72 Å². The van der Waals surface area contributed by atoms with E-state index in [9.17, 15) is 13.7 Å². The maximum atomic E-state index is 12.0. The molecule has 5 heteroatoms. The molecule has 0 aromatic heterocycles. The van der Waals surface area contributed by atoms with Crippen molar-refractivity contribution in [3.05, 3.63) is 0 Å². The van der Waals surface area contributed by atoms with Crippen molar-refractivity contribution in [1.29, 1.82) is 5.26 Å². The van der Waals surface area contributed by atoms with Crippen molar-refractivity contribution in [2.75, 3.05) is 5.75 Å². The molecule has 0 amide bonds. The van der Waals surface area contributed by atoms with Crippen LogP contribution in [0.15, 0.2) is 0 Å². The van der Waals surface area contributed by atoms with E-state index in [-0.39, 0.29) is 5.75 Å². The van der Waals surface area contributed by atoms with Crippen LogP contribution in [0.2, 0.25) is 0 Å². The largest absolute Gasteiger partial charge is 0.212 e. The lowest BCUT2D eigenvalue weighted by atomic mass is 9.86. The molecule has 1 fully saturated rings. The molecule has 104 valence electrons. The number of sulfonamides is 1. The monoisotopic (exact) mass is 272 g/mol. The lowest BCUT2D eigenvalue weighted by Gasteiger charge is -2.29. The number of nitrogens with one attached hydrogen (secondary N) is 1. The highest BCUT2D eigenvalue weighted by Crippen LogP contribution is 2.26. The average Bonchev–Trinajstić information content (AvgIpc) is 2.30. The van der Waals surface area contributed by atoms with Gasteiger partial charge in [-0.05, 0) is 19.3 Å². The van der Waals surface area contributed by atoms with E-state index in [0.717, 1.165) is 32.1 Å². The SMILES string of the molecule is CCCCS(=O)(=O)NC1(C#N)CCCCCCC1. The Hall–Kier alpha value is -0.600. The standard InChI is InChI=1S/C13H24N2O2S/c1-2-3-11-18(16,17)15-13(12-14)9-7-5-4-6-8-10-13/h15H,2-11H2,1H3. The first-order valence-electron chi connectivity index (χ1n) is 6.96. The molecule has 0 aromatic carbocycles. The third kappa shape index (κ3) is 4.95. The second-order valence-electron chi connectivity index (χ2n) is 5.24. The van der Waals surface area contributed by atoms with E-state index in [1.807, 2.05) is 6.92 Å². The Labute approximate surface area is 111 Å². The van der Waals surface area contributed by atoms with Crippen molar-refractivity contribution < 1.29 is 8.42 Å². The van der Waals surface area contributed by atoms with Crippen molar-refractivity contribution in [2.24, 2.45) is 0 Å². The molecule has 0 heterocycles. The van der Waals surface area contributed by atoms with E-state index >= 15 is 0 Å². The van der Waals surface area contributed by atoms with Gasteiger partial charge in [-0.3, -0.25) is 0 Å². The molecule has 0 bridgehead atoms. The molecule has 1 aliphatic carbocycles. The normalized spacial score (nSPS) is 20.7. The van der Waals surface area contributed by atoms with Gasteiger partial charge in [-0.2, -0.15) is 9.98 Å². The molecule has 18 heavy (non-hydrogen) atoms. The Balaban J connectivity index is 2.71. The summed E-state index contributed by atoms with van der Waals surface area (Å²) in [6.07, 6.45) is 8.05. The van der Waals surface area contributed by atoms with Crippen LogP contribution >= 0.6 is 0 Å². The topological polar surface area (TPSA) is 70.0 Å². The predicted molar refractivity (Wildman–Crippen MR) is 72.5 cm³/mol. The number of rotatable bonds is 5. The molecular weight excluding hydrogens is 248 g/mol. The maximum absolute atomic E-state index is 12.0. The number of hydrogen-bond donors (Lipinski definition) is 1. The second kappa shape index (κ2) is 7.10. The van der Waals surface area contributed by atoms with Crippen LogP contribution in [0.3, 0.4) is 0 Å². The van der Waals surface area contributed by atoms with Gasteiger partial charge < -0.3 is 0 Å². The highest BCUT2D eigenvalue weighted by atomic mass is 32.2. The predicted octanol–water partition coefficient (Wildman–Crippen LogP) is 2.71. The Morgan fingerprint density at radius 1 is 1.17 bits per heavy atom. The molecule has 1 saturated carbocycles. The first-order valence-corrected chi connectivity index (χ1v) is 8.62. The summed E-state index contributed by atoms with van der Waals surface area (Å²) in [4.78, 5) is 0. The molecule has 0 aromatic rings. The Morgan fingerprint density at radius 3 is 2.22 bits per heavy atom. The summed E-state index contributed by atoms with van der Waals surface area (Å²) >= 11 is 0. The van der Waals surface area contributed by atoms with Gasteiger partial charge in [-0.25, -0.2) is 8.42 Å². The average molecular weight is 272 g/mol. The van der Waals surface area contributed by atoms with E-state index in [0.29, 0.717) is 19.3 Å². The van der Waals surface area contributed by atoms with Gasteiger partial charge in [0.1, 0.15) is 5.54 Å². The number of nitrogens with zero attached hydrogens (tertiary/aromatic N) is 1. The van der Waals surface area contributed by atoms with Crippen LogP contribution in [-0.4, -0.2) is 19.7 Å². The Kier molecular flexibility index (Phi) is 6.10. The number of unbranched alkanes of at least 4 members (excludes halogenated alkanes) is 1. The van der Waals surface area contributed by atoms with Gasteiger partial charge >= 0.3 is 0 Å². The third-order valence-corrected chi connectivity index (χ3v) is 5.07.